The molecule has 1 aliphatic rings. The van der Waals surface area contributed by atoms with Crippen LogP contribution in [-0.4, -0.2) is 29.1 Å². The van der Waals surface area contributed by atoms with Gasteiger partial charge in [-0.25, -0.2) is 4.79 Å². The average molecular weight is 308 g/mol. The van der Waals surface area contributed by atoms with Gasteiger partial charge in [-0.15, -0.1) is 0 Å². The Morgan fingerprint density at radius 3 is 2.30 bits per heavy atom. The first kappa shape index (κ1) is 15.0. The van der Waals surface area contributed by atoms with Gasteiger partial charge in [0, 0.05) is 29.1 Å². The molecule has 0 heterocycles. The number of carboxylic acids is 1. The normalized spacial score (nSPS) is 13.4. The zero-order valence-corrected chi connectivity index (χ0v) is 12.4. The van der Waals surface area contributed by atoms with Crippen molar-refractivity contribution in [3.8, 4) is 11.1 Å². The lowest BCUT2D eigenvalue weighted by Gasteiger charge is -2.11. The lowest BCUT2D eigenvalue weighted by molar-refractivity contribution is -0.131. The largest absolute Gasteiger partial charge is 0.475 e. The Bertz CT molecular complexity index is 777. The highest BCUT2D eigenvalue weighted by molar-refractivity contribution is 6.39. The summed E-state index contributed by atoms with van der Waals surface area (Å²) in [5, 5.41) is 19.6. The van der Waals surface area contributed by atoms with E-state index in [1.807, 2.05) is 18.2 Å². The molecule has 0 aliphatic heterocycles. The van der Waals surface area contributed by atoms with Crippen LogP contribution in [0.25, 0.3) is 11.1 Å². The second-order valence-corrected chi connectivity index (χ2v) is 5.58. The standard InChI is InChI=1S/C18H16N2O3/c19-10-14-6-5-13(9-16(14)20-15-7-8-15)11-1-3-12(4-2-11)17(21)18(22)23/h1-6,9-10,15,19-20H,7-8H2,(H,22,23). The van der Waals surface area contributed by atoms with Crippen molar-refractivity contribution in [1.29, 1.82) is 5.41 Å². The van der Waals surface area contributed by atoms with Crippen LogP contribution in [0.3, 0.4) is 0 Å². The van der Waals surface area contributed by atoms with Gasteiger partial charge in [0.15, 0.2) is 0 Å². The van der Waals surface area contributed by atoms with E-state index in [4.69, 9.17) is 10.5 Å². The Balaban J connectivity index is 1.90. The van der Waals surface area contributed by atoms with E-state index in [1.165, 1.54) is 18.3 Å². The fraction of sp³-hybridized carbons (Fsp3) is 0.167. The van der Waals surface area contributed by atoms with Crippen molar-refractivity contribution in [2.75, 3.05) is 5.32 Å². The smallest absolute Gasteiger partial charge is 0.377 e. The third-order valence-electron chi connectivity index (χ3n) is 3.82. The summed E-state index contributed by atoms with van der Waals surface area (Å²) in [6.07, 6.45) is 3.62. The van der Waals surface area contributed by atoms with E-state index in [1.54, 1.807) is 12.1 Å². The van der Waals surface area contributed by atoms with Gasteiger partial charge < -0.3 is 15.8 Å². The molecule has 3 rings (SSSR count). The van der Waals surface area contributed by atoms with Crippen LogP contribution in [0, 0.1) is 5.41 Å². The Hall–Kier alpha value is -2.95. The number of hydrogen-bond donors (Lipinski definition) is 3. The van der Waals surface area contributed by atoms with E-state index in [9.17, 15) is 9.59 Å². The van der Waals surface area contributed by atoms with Crippen LogP contribution in [0.5, 0.6) is 0 Å². The first-order chi connectivity index (χ1) is 11.1. The summed E-state index contributed by atoms with van der Waals surface area (Å²) >= 11 is 0. The van der Waals surface area contributed by atoms with E-state index >= 15 is 0 Å². The van der Waals surface area contributed by atoms with Crippen molar-refractivity contribution in [2.45, 2.75) is 18.9 Å². The highest BCUT2D eigenvalue weighted by Gasteiger charge is 2.22. The van der Waals surface area contributed by atoms with Crippen LogP contribution in [0.15, 0.2) is 42.5 Å². The molecule has 1 fully saturated rings. The van der Waals surface area contributed by atoms with Gasteiger partial charge in [-0.2, -0.15) is 0 Å². The number of carboxylic acid groups (broad SMARTS) is 1. The van der Waals surface area contributed by atoms with E-state index in [2.05, 4.69) is 5.32 Å². The van der Waals surface area contributed by atoms with E-state index in [-0.39, 0.29) is 5.56 Å². The minimum atomic E-state index is -1.45. The zero-order valence-electron chi connectivity index (χ0n) is 12.4. The van der Waals surface area contributed by atoms with Crippen LogP contribution in [0.1, 0.15) is 28.8 Å². The molecular weight excluding hydrogens is 292 g/mol. The number of Topliss-reactive ketones (excluding diaryl/α,β-unsaturated/α-hetero) is 1. The minimum Gasteiger partial charge on any atom is -0.475 e. The third-order valence-corrected chi connectivity index (χ3v) is 3.82. The van der Waals surface area contributed by atoms with E-state index in [0.29, 0.717) is 6.04 Å². The highest BCUT2D eigenvalue weighted by Crippen LogP contribution is 2.30. The van der Waals surface area contributed by atoms with Gasteiger partial charge in [-0.3, -0.25) is 4.79 Å². The van der Waals surface area contributed by atoms with E-state index in [0.717, 1.165) is 35.2 Å². The third kappa shape index (κ3) is 3.29. The summed E-state index contributed by atoms with van der Waals surface area (Å²) in [6.45, 7) is 0. The average Bonchev–Trinajstić information content (AvgIpc) is 3.38. The Morgan fingerprint density at radius 1 is 1.09 bits per heavy atom. The summed E-state index contributed by atoms with van der Waals surface area (Å²) in [4.78, 5) is 22.1. The second kappa shape index (κ2) is 6.04. The fourth-order valence-electron chi connectivity index (χ4n) is 2.37. The van der Waals surface area contributed by atoms with Gasteiger partial charge in [-0.05, 0) is 30.0 Å². The number of hydrogen-bond acceptors (Lipinski definition) is 4. The van der Waals surface area contributed by atoms with Gasteiger partial charge in [0.05, 0.1) is 0 Å². The number of carbonyl (C=O) groups is 2. The molecule has 0 saturated heterocycles. The molecule has 5 heteroatoms. The maximum Gasteiger partial charge on any atom is 0.377 e. The van der Waals surface area contributed by atoms with Crippen LogP contribution < -0.4 is 5.32 Å². The molecule has 0 aromatic heterocycles. The first-order valence-corrected chi connectivity index (χ1v) is 7.37. The van der Waals surface area contributed by atoms with Crippen LogP contribution in [0.2, 0.25) is 0 Å². The minimum absolute atomic E-state index is 0.161. The van der Waals surface area contributed by atoms with Crippen molar-refractivity contribution in [3.63, 3.8) is 0 Å². The molecule has 2 aromatic rings. The lowest BCUT2D eigenvalue weighted by atomic mass is 10.00. The van der Waals surface area contributed by atoms with Crippen LogP contribution in [-0.2, 0) is 4.79 Å². The number of rotatable bonds is 6. The lowest BCUT2D eigenvalue weighted by Crippen LogP contribution is -2.12. The Morgan fingerprint density at radius 2 is 1.74 bits per heavy atom. The topological polar surface area (TPSA) is 90.2 Å². The summed E-state index contributed by atoms with van der Waals surface area (Å²) in [7, 11) is 0. The van der Waals surface area contributed by atoms with Gasteiger partial charge in [-0.1, -0.05) is 36.4 Å². The first-order valence-electron chi connectivity index (χ1n) is 7.37. The van der Waals surface area contributed by atoms with Crippen molar-refractivity contribution < 1.29 is 14.7 Å². The second-order valence-electron chi connectivity index (χ2n) is 5.58. The van der Waals surface area contributed by atoms with Gasteiger partial charge in [0.1, 0.15) is 0 Å². The van der Waals surface area contributed by atoms with Crippen molar-refractivity contribution >= 4 is 23.7 Å². The van der Waals surface area contributed by atoms with Crippen molar-refractivity contribution in [3.05, 3.63) is 53.6 Å². The molecule has 3 N–H and O–H groups in total. The van der Waals surface area contributed by atoms with Gasteiger partial charge >= 0.3 is 5.97 Å². The summed E-state index contributed by atoms with van der Waals surface area (Å²) < 4.78 is 0. The Kier molecular flexibility index (Phi) is 3.93. The Labute approximate surface area is 133 Å². The number of anilines is 1. The van der Waals surface area contributed by atoms with Gasteiger partial charge in [0.2, 0.25) is 0 Å². The monoisotopic (exact) mass is 308 g/mol. The maximum absolute atomic E-state index is 11.4. The predicted molar refractivity (Wildman–Crippen MR) is 88.4 cm³/mol. The van der Waals surface area contributed by atoms with Crippen LogP contribution in [0.4, 0.5) is 5.69 Å². The molecule has 0 spiro atoms. The molecule has 116 valence electrons. The summed E-state index contributed by atoms with van der Waals surface area (Å²) in [6, 6.07) is 12.8. The number of nitrogens with one attached hydrogen (secondary N) is 2. The zero-order chi connectivity index (χ0) is 16.4. The number of benzene rings is 2. The summed E-state index contributed by atoms with van der Waals surface area (Å²) in [5.74, 6) is -2.37. The number of aliphatic carboxylic acids is 1. The number of carbonyl (C=O) groups excluding carboxylic acids is 1. The maximum atomic E-state index is 11.4. The molecular formula is C18H16N2O3. The molecule has 0 unspecified atom stereocenters. The molecule has 0 radical (unpaired) electrons. The molecule has 1 saturated carbocycles. The van der Waals surface area contributed by atoms with E-state index < -0.39 is 11.8 Å². The quantitative estimate of drug-likeness (QED) is 0.434. The van der Waals surface area contributed by atoms with Crippen LogP contribution >= 0.6 is 0 Å². The molecule has 0 amide bonds. The molecule has 23 heavy (non-hydrogen) atoms. The van der Waals surface area contributed by atoms with Crippen molar-refractivity contribution in [1.82, 2.24) is 0 Å². The molecule has 5 nitrogen and oxygen atoms in total. The fourth-order valence-corrected chi connectivity index (χ4v) is 2.37. The van der Waals surface area contributed by atoms with Gasteiger partial charge in [0.25, 0.3) is 5.78 Å². The van der Waals surface area contributed by atoms with Crippen molar-refractivity contribution in [2.24, 2.45) is 0 Å². The SMILES string of the molecule is N=Cc1ccc(-c2ccc(C(=O)C(=O)O)cc2)cc1NC1CC1. The molecule has 0 bridgehead atoms. The highest BCUT2D eigenvalue weighted by atomic mass is 16.4. The number of ketones is 1. The predicted octanol–water partition coefficient (Wildman–Crippen LogP) is 3.19. The molecule has 1 aliphatic carbocycles. The summed E-state index contributed by atoms with van der Waals surface area (Å²) in [5.41, 5.74) is 3.76. The molecule has 2 aromatic carbocycles. The molecule has 0 atom stereocenters.